The summed E-state index contributed by atoms with van der Waals surface area (Å²) in [5.41, 5.74) is 6.64. The fourth-order valence-electron chi connectivity index (χ4n) is 1.66. The van der Waals surface area contributed by atoms with Gasteiger partial charge in [0.15, 0.2) is 0 Å². The van der Waals surface area contributed by atoms with Crippen molar-refractivity contribution in [2.75, 3.05) is 11.5 Å². The lowest BCUT2D eigenvalue weighted by Gasteiger charge is -2.07. The summed E-state index contributed by atoms with van der Waals surface area (Å²) in [6, 6.07) is 11.5. The lowest BCUT2D eigenvalue weighted by molar-refractivity contribution is -0.118. The molecule has 0 fully saturated rings. The highest BCUT2D eigenvalue weighted by molar-refractivity contribution is 8.00. The number of nitrogen functional groups attached to an aromatic ring is 1. The number of nitrogens with two attached hydrogens (primary N) is 1. The second kappa shape index (κ2) is 7.33. The van der Waals surface area contributed by atoms with E-state index in [9.17, 15) is 9.18 Å². The molecule has 0 bridgehead atoms. The molecule has 2 rings (SSSR count). The summed E-state index contributed by atoms with van der Waals surface area (Å²) in [6.45, 7) is 0.168. The molecule has 0 aliphatic rings. The Hall–Kier alpha value is -1.72. The summed E-state index contributed by atoms with van der Waals surface area (Å²) < 4.78 is 13.4. The highest BCUT2D eigenvalue weighted by Gasteiger charge is 2.07. The molecular formula is C15H14ClFN2OS. The normalized spacial score (nSPS) is 10.4. The SMILES string of the molecule is Nc1ccc(SCC(=O)NCc2ccccc2F)c(Cl)c1. The van der Waals surface area contributed by atoms with Gasteiger partial charge in [-0.2, -0.15) is 0 Å². The third-order valence-corrected chi connectivity index (χ3v) is 4.25. The number of anilines is 1. The zero-order valence-electron chi connectivity index (χ0n) is 11.1. The Balaban J connectivity index is 1.84. The number of amides is 1. The van der Waals surface area contributed by atoms with Crippen LogP contribution in [0.15, 0.2) is 47.4 Å². The van der Waals surface area contributed by atoms with Gasteiger partial charge in [-0.05, 0) is 24.3 Å². The number of nitrogens with one attached hydrogen (secondary N) is 1. The lowest BCUT2D eigenvalue weighted by Crippen LogP contribution is -2.25. The molecule has 0 unspecified atom stereocenters. The van der Waals surface area contributed by atoms with Crippen molar-refractivity contribution in [1.29, 1.82) is 0 Å². The largest absolute Gasteiger partial charge is 0.399 e. The summed E-state index contributed by atoms with van der Waals surface area (Å²) in [4.78, 5) is 12.5. The van der Waals surface area contributed by atoms with Crippen LogP contribution in [0.4, 0.5) is 10.1 Å². The topological polar surface area (TPSA) is 55.1 Å². The molecule has 0 atom stereocenters. The first-order valence-electron chi connectivity index (χ1n) is 6.24. The minimum Gasteiger partial charge on any atom is -0.399 e. The second-order valence-corrected chi connectivity index (χ2v) is 5.77. The van der Waals surface area contributed by atoms with Crippen molar-refractivity contribution in [2.24, 2.45) is 0 Å². The molecule has 2 aromatic rings. The van der Waals surface area contributed by atoms with Crippen molar-refractivity contribution < 1.29 is 9.18 Å². The van der Waals surface area contributed by atoms with E-state index in [4.69, 9.17) is 17.3 Å². The minimum absolute atomic E-state index is 0.168. The van der Waals surface area contributed by atoms with Gasteiger partial charge in [-0.3, -0.25) is 4.79 Å². The molecule has 0 aromatic heterocycles. The summed E-state index contributed by atoms with van der Waals surface area (Å²) in [5, 5.41) is 3.19. The van der Waals surface area contributed by atoms with E-state index in [-0.39, 0.29) is 24.0 Å². The first kappa shape index (κ1) is 15.7. The number of carbonyl (C=O) groups is 1. The van der Waals surface area contributed by atoms with Crippen molar-refractivity contribution in [3.05, 3.63) is 58.9 Å². The molecule has 6 heteroatoms. The van der Waals surface area contributed by atoms with Gasteiger partial charge in [0.05, 0.1) is 10.8 Å². The Bertz CT molecular complexity index is 651. The molecule has 0 aliphatic heterocycles. The Morgan fingerprint density at radius 3 is 2.76 bits per heavy atom. The van der Waals surface area contributed by atoms with Crippen LogP contribution in [0.3, 0.4) is 0 Å². The van der Waals surface area contributed by atoms with Gasteiger partial charge in [-0.25, -0.2) is 4.39 Å². The first-order valence-corrected chi connectivity index (χ1v) is 7.60. The van der Waals surface area contributed by atoms with Gasteiger partial charge in [0.2, 0.25) is 5.91 Å². The van der Waals surface area contributed by atoms with Gasteiger partial charge in [0.25, 0.3) is 0 Å². The average molecular weight is 325 g/mol. The summed E-state index contributed by atoms with van der Waals surface area (Å²) in [6.07, 6.45) is 0. The molecule has 2 aromatic carbocycles. The van der Waals surface area contributed by atoms with Crippen molar-refractivity contribution in [3.8, 4) is 0 Å². The van der Waals surface area contributed by atoms with E-state index in [1.807, 2.05) is 0 Å². The quantitative estimate of drug-likeness (QED) is 0.654. The van der Waals surface area contributed by atoms with E-state index < -0.39 is 0 Å². The third kappa shape index (κ3) is 4.65. The van der Waals surface area contributed by atoms with Crippen LogP contribution in [0, 0.1) is 5.82 Å². The number of hydrogen-bond acceptors (Lipinski definition) is 3. The number of rotatable bonds is 5. The molecule has 0 spiro atoms. The van der Waals surface area contributed by atoms with Crippen LogP contribution in [0.5, 0.6) is 0 Å². The van der Waals surface area contributed by atoms with Crippen LogP contribution in [0.2, 0.25) is 5.02 Å². The Labute approximate surface area is 131 Å². The molecule has 1 amide bonds. The van der Waals surface area contributed by atoms with Crippen molar-refractivity contribution in [3.63, 3.8) is 0 Å². The van der Waals surface area contributed by atoms with E-state index >= 15 is 0 Å². The maximum absolute atomic E-state index is 13.4. The zero-order valence-corrected chi connectivity index (χ0v) is 12.7. The fraction of sp³-hybridized carbons (Fsp3) is 0.133. The van der Waals surface area contributed by atoms with Crippen molar-refractivity contribution in [1.82, 2.24) is 5.32 Å². The molecule has 0 saturated carbocycles. The molecule has 110 valence electrons. The van der Waals surface area contributed by atoms with E-state index in [1.54, 1.807) is 36.4 Å². The van der Waals surface area contributed by atoms with Crippen LogP contribution < -0.4 is 11.1 Å². The van der Waals surface area contributed by atoms with Gasteiger partial charge in [0.1, 0.15) is 5.82 Å². The van der Waals surface area contributed by atoms with Crippen LogP contribution in [0.25, 0.3) is 0 Å². The molecule has 3 N–H and O–H groups in total. The lowest BCUT2D eigenvalue weighted by atomic mass is 10.2. The van der Waals surface area contributed by atoms with Gasteiger partial charge < -0.3 is 11.1 Å². The Morgan fingerprint density at radius 1 is 1.29 bits per heavy atom. The Morgan fingerprint density at radius 2 is 2.05 bits per heavy atom. The number of thioether (sulfide) groups is 1. The van der Waals surface area contributed by atoms with Crippen LogP contribution in [-0.4, -0.2) is 11.7 Å². The highest BCUT2D eigenvalue weighted by Crippen LogP contribution is 2.28. The standard InChI is InChI=1S/C15H14ClFN2OS/c16-12-7-11(18)5-6-14(12)21-9-15(20)19-8-10-3-1-2-4-13(10)17/h1-7H,8-9,18H2,(H,19,20). The molecule has 0 aliphatic carbocycles. The number of benzene rings is 2. The van der Waals surface area contributed by atoms with Crippen LogP contribution >= 0.6 is 23.4 Å². The number of halogens is 2. The molecule has 0 heterocycles. The fourth-order valence-corrected chi connectivity index (χ4v) is 2.77. The van der Waals surface area contributed by atoms with Crippen molar-refractivity contribution in [2.45, 2.75) is 11.4 Å². The smallest absolute Gasteiger partial charge is 0.230 e. The monoisotopic (exact) mass is 324 g/mol. The first-order chi connectivity index (χ1) is 10.1. The molecule has 0 saturated heterocycles. The number of carbonyl (C=O) groups excluding carboxylic acids is 1. The van der Waals surface area contributed by atoms with Crippen LogP contribution in [0.1, 0.15) is 5.56 Å². The molecular weight excluding hydrogens is 311 g/mol. The van der Waals surface area contributed by atoms with Crippen molar-refractivity contribution >= 4 is 35.0 Å². The van der Waals surface area contributed by atoms with Gasteiger partial charge in [-0.15, -0.1) is 11.8 Å². The van der Waals surface area contributed by atoms with Gasteiger partial charge in [0, 0.05) is 22.7 Å². The summed E-state index contributed by atoms with van der Waals surface area (Å²) in [5.74, 6) is -0.305. The highest BCUT2D eigenvalue weighted by atomic mass is 35.5. The predicted octanol–water partition coefficient (Wildman–Crippen LogP) is 3.47. The molecule has 3 nitrogen and oxygen atoms in total. The van der Waals surface area contributed by atoms with E-state index in [0.29, 0.717) is 16.3 Å². The number of hydrogen-bond donors (Lipinski definition) is 2. The van der Waals surface area contributed by atoms with Gasteiger partial charge >= 0.3 is 0 Å². The summed E-state index contributed by atoms with van der Waals surface area (Å²) >= 11 is 7.33. The van der Waals surface area contributed by atoms with E-state index in [1.165, 1.54) is 17.8 Å². The minimum atomic E-state index is -0.327. The van der Waals surface area contributed by atoms with Crippen LogP contribution in [-0.2, 0) is 11.3 Å². The maximum atomic E-state index is 13.4. The van der Waals surface area contributed by atoms with Gasteiger partial charge in [-0.1, -0.05) is 29.8 Å². The maximum Gasteiger partial charge on any atom is 0.230 e. The third-order valence-electron chi connectivity index (χ3n) is 2.75. The molecule has 21 heavy (non-hydrogen) atoms. The summed E-state index contributed by atoms with van der Waals surface area (Å²) in [7, 11) is 0. The molecule has 0 radical (unpaired) electrons. The average Bonchev–Trinajstić information content (AvgIpc) is 2.45. The second-order valence-electron chi connectivity index (χ2n) is 4.35. The zero-order chi connectivity index (χ0) is 15.2. The van der Waals surface area contributed by atoms with E-state index in [0.717, 1.165) is 4.90 Å². The van der Waals surface area contributed by atoms with E-state index in [2.05, 4.69) is 5.32 Å². The Kier molecular flexibility index (Phi) is 5.47. The predicted molar refractivity (Wildman–Crippen MR) is 84.8 cm³/mol.